The van der Waals surface area contributed by atoms with Crippen LogP contribution in [0.2, 0.25) is 0 Å². The van der Waals surface area contributed by atoms with Gasteiger partial charge in [-0.3, -0.25) is 4.79 Å². The molecule has 0 saturated carbocycles. The van der Waals surface area contributed by atoms with Gasteiger partial charge >= 0.3 is 0 Å². The van der Waals surface area contributed by atoms with E-state index >= 15 is 0 Å². The van der Waals surface area contributed by atoms with Gasteiger partial charge in [-0.25, -0.2) is 0 Å². The highest BCUT2D eigenvalue weighted by molar-refractivity contribution is 5.70. The van der Waals surface area contributed by atoms with Gasteiger partial charge in [0.1, 0.15) is 17.4 Å². The van der Waals surface area contributed by atoms with Crippen LogP contribution in [0.1, 0.15) is 29.7 Å². The highest BCUT2D eigenvalue weighted by Gasteiger charge is 2.22. The number of pyridine rings is 1. The van der Waals surface area contributed by atoms with Crippen molar-refractivity contribution in [3.8, 4) is 17.4 Å². The summed E-state index contributed by atoms with van der Waals surface area (Å²) in [6.07, 6.45) is 5.47. The predicted molar refractivity (Wildman–Crippen MR) is 66.1 cm³/mol. The molecule has 2 heterocycles. The van der Waals surface area contributed by atoms with Crippen molar-refractivity contribution in [1.29, 1.82) is 5.26 Å². The molecule has 4 nitrogen and oxygen atoms in total. The first-order valence-corrected chi connectivity index (χ1v) is 6.03. The molecular formula is C14H12N2O2. The van der Waals surface area contributed by atoms with Gasteiger partial charge in [0.25, 0.3) is 5.56 Å². The van der Waals surface area contributed by atoms with Gasteiger partial charge in [-0.05, 0) is 43.4 Å². The van der Waals surface area contributed by atoms with Gasteiger partial charge in [0.15, 0.2) is 0 Å². The Bertz CT molecular complexity index is 675. The van der Waals surface area contributed by atoms with E-state index < -0.39 is 0 Å². The summed E-state index contributed by atoms with van der Waals surface area (Å²) in [4.78, 5) is 14.7. The Morgan fingerprint density at radius 1 is 1.33 bits per heavy atom. The lowest BCUT2D eigenvalue weighted by atomic mass is 9.89. The molecule has 0 saturated heterocycles. The Labute approximate surface area is 104 Å². The van der Waals surface area contributed by atoms with Crippen molar-refractivity contribution in [2.24, 2.45) is 0 Å². The molecule has 0 radical (unpaired) electrons. The molecule has 18 heavy (non-hydrogen) atoms. The van der Waals surface area contributed by atoms with Crippen LogP contribution in [0.5, 0.6) is 0 Å². The summed E-state index contributed by atoms with van der Waals surface area (Å²) in [6, 6.07) is 5.57. The van der Waals surface area contributed by atoms with Crippen molar-refractivity contribution >= 4 is 0 Å². The van der Waals surface area contributed by atoms with E-state index in [9.17, 15) is 10.1 Å². The summed E-state index contributed by atoms with van der Waals surface area (Å²) in [5, 5.41) is 9.19. The number of fused-ring (bicyclic) bond motifs is 1. The fourth-order valence-corrected chi connectivity index (χ4v) is 2.58. The second kappa shape index (κ2) is 4.19. The van der Waals surface area contributed by atoms with Gasteiger partial charge in [-0.1, -0.05) is 0 Å². The third-order valence-electron chi connectivity index (χ3n) is 3.39. The number of hydrogen-bond donors (Lipinski definition) is 1. The van der Waals surface area contributed by atoms with Crippen LogP contribution in [0.4, 0.5) is 0 Å². The summed E-state index contributed by atoms with van der Waals surface area (Å²) >= 11 is 0. The maximum Gasteiger partial charge on any atom is 0.266 e. The molecule has 0 spiro atoms. The molecule has 2 aromatic rings. The van der Waals surface area contributed by atoms with Gasteiger partial charge < -0.3 is 9.40 Å². The molecular weight excluding hydrogens is 228 g/mol. The summed E-state index contributed by atoms with van der Waals surface area (Å²) in [5.41, 5.74) is 2.54. The molecule has 4 heteroatoms. The van der Waals surface area contributed by atoms with Crippen molar-refractivity contribution in [1.82, 2.24) is 4.98 Å². The zero-order valence-electron chi connectivity index (χ0n) is 9.82. The van der Waals surface area contributed by atoms with Gasteiger partial charge in [0, 0.05) is 11.3 Å². The monoisotopic (exact) mass is 240 g/mol. The number of nitrogens with one attached hydrogen (secondary N) is 1. The van der Waals surface area contributed by atoms with Gasteiger partial charge in [-0.15, -0.1) is 0 Å². The van der Waals surface area contributed by atoms with Crippen LogP contribution < -0.4 is 5.56 Å². The standard InChI is InChI=1S/C14H12N2O2/c15-8-10-13(12-6-3-7-18-12)9-4-1-2-5-11(9)16-14(10)17/h3,6-7H,1-2,4-5H2,(H,16,17). The van der Waals surface area contributed by atoms with E-state index in [0.29, 0.717) is 11.3 Å². The molecule has 0 fully saturated rings. The molecule has 0 aliphatic heterocycles. The third-order valence-corrected chi connectivity index (χ3v) is 3.39. The number of nitrogens with zero attached hydrogens (tertiary/aromatic N) is 1. The highest BCUT2D eigenvalue weighted by atomic mass is 16.3. The summed E-state index contributed by atoms with van der Waals surface area (Å²) in [6.45, 7) is 0. The van der Waals surface area contributed by atoms with Crippen molar-refractivity contribution in [3.63, 3.8) is 0 Å². The van der Waals surface area contributed by atoms with Crippen LogP contribution in [0.3, 0.4) is 0 Å². The van der Waals surface area contributed by atoms with Crippen LogP contribution >= 0.6 is 0 Å². The van der Waals surface area contributed by atoms with Crippen LogP contribution in [0, 0.1) is 11.3 Å². The van der Waals surface area contributed by atoms with Crippen LogP contribution in [0.25, 0.3) is 11.3 Å². The SMILES string of the molecule is N#Cc1c(-c2ccco2)c2c([nH]c1=O)CCCC2. The summed E-state index contributed by atoms with van der Waals surface area (Å²) in [7, 11) is 0. The number of hydrogen-bond acceptors (Lipinski definition) is 3. The van der Waals surface area contributed by atoms with Gasteiger partial charge in [0.05, 0.1) is 6.26 Å². The molecule has 0 atom stereocenters. The molecule has 0 amide bonds. The number of aromatic nitrogens is 1. The van der Waals surface area contributed by atoms with E-state index in [1.807, 2.05) is 6.07 Å². The van der Waals surface area contributed by atoms with Crippen molar-refractivity contribution in [2.75, 3.05) is 0 Å². The molecule has 1 N–H and O–H groups in total. The average Bonchev–Trinajstić information content (AvgIpc) is 2.90. The largest absolute Gasteiger partial charge is 0.464 e. The lowest BCUT2D eigenvalue weighted by Gasteiger charge is -2.18. The van der Waals surface area contributed by atoms with Crippen molar-refractivity contribution in [3.05, 3.63) is 45.6 Å². The lowest BCUT2D eigenvalue weighted by Crippen LogP contribution is -2.19. The van der Waals surface area contributed by atoms with Crippen LogP contribution in [0.15, 0.2) is 27.6 Å². The second-order valence-corrected chi connectivity index (χ2v) is 4.46. The van der Waals surface area contributed by atoms with Crippen LogP contribution in [-0.2, 0) is 12.8 Å². The topological polar surface area (TPSA) is 69.8 Å². The first-order valence-electron chi connectivity index (χ1n) is 6.03. The zero-order chi connectivity index (χ0) is 12.5. The Hall–Kier alpha value is -2.28. The summed E-state index contributed by atoms with van der Waals surface area (Å²) < 4.78 is 5.38. The van der Waals surface area contributed by atoms with Gasteiger partial charge in [0.2, 0.25) is 0 Å². The number of aryl methyl sites for hydroxylation is 1. The van der Waals surface area contributed by atoms with Crippen LogP contribution in [-0.4, -0.2) is 4.98 Å². The molecule has 1 aliphatic rings. The number of rotatable bonds is 1. The first kappa shape index (κ1) is 10.8. The Morgan fingerprint density at radius 2 is 2.17 bits per heavy atom. The molecule has 2 aromatic heterocycles. The molecule has 1 aliphatic carbocycles. The fraction of sp³-hybridized carbons (Fsp3) is 0.286. The average molecular weight is 240 g/mol. The quantitative estimate of drug-likeness (QED) is 0.832. The first-order chi connectivity index (χ1) is 8.81. The van der Waals surface area contributed by atoms with E-state index in [-0.39, 0.29) is 11.1 Å². The highest BCUT2D eigenvalue weighted by Crippen LogP contribution is 2.31. The van der Waals surface area contributed by atoms with Gasteiger partial charge in [-0.2, -0.15) is 5.26 Å². The number of aromatic amines is 1. The molecule has 0 unspecified atom stereocenters. The normalized spacial score (nSPS) is 13.9. The van der Waals surface area contributed by atoms with E-state index in [4.69, 9.17) is 4.42 Å². The van der Waals surface area contributed by atoms with E-state index in [1.165, 1.54) is 0 Å². The second-order valence-electron chi connectivity index (χ2n) is 4.46. The minimum atomic E-state index is -0.315. The number of H-pyrrole nitrogens is 1. The smallest absolute Gasteiger partial charge is 0.266 e. The molecule has 0 bridgehead atoms. The minimum absolute atomic E-state index is 0.158. The zero-order valence-corrected chi connectivity index (χ0v) is 9.82. The van der Waals surface area contributed by atoms with Crippen molar-refractivity contribution in [2.45, 2.75) is 25.7 Å². The Kier molecular flexibility index (Phi) is 2.52. The molecule has 90 valence electrons. The van der Waals surface area contributed by atoms with E-state index in [0.717, 1.165) is 36.9 Å². The third kappa shape index (κ3) is 1.56. The number of furan rings is 1. The molecule has 3 rings (SSSR count). The Balaban J connectivity index is 2.36. The minimum Gasteiger partial charge on any atom is -0.464 e. The fourth-order valence-electron chi connectivity index (χ4n) is 2.58. The maximum absolute atomic E-state index is 11.9. The van der Waals surface area contributed by atoms with Crippen molar-refractivity contribution < 1.29 is 4.42 Å². The Morgan fingerprint density at radius 3 is 2.89 bits per heavy atom. The maximum atomic E-state index is 11.9. The predicted octanol–water partition coefficient (Wildman–Crippen LogP) is 2.39. The lowest BCUT2D eigenvalue weighted by molar-refractivity contribution is 0.578. The van der Waals surface area contributed by atoms with E-state index in [1.54, 1.807) is 18.4 Å². The number of nitriles is 1. The molecule has 0 aromatic carbocycles. The summed E-state index contributed by atoms with van der Waals surface area (Å²) in [5.74, 6) is 0.607. The van der Waals surface area contributed by atoms with E-state index in [2.05, 4.69) is 4.98 Å².